The van der Waals surface area contributed by atoms with Crippen LogP contribution >= 0.6 is 0 Å². The highest BCUT2D eigenvalue weighted by atomic mass is 16.5. The van der Waals surface area contributed by atoms with Crippen molar-refractivity contribution in [2.24, 2.45) is 34.5 Å². The third-order valence-corrected chi connectivity index (χ3v) is 8.90. The second-order valence-corrected chi connectivity index (χ2v) is 9.80. The smallest absolute Gasteiger partial charge is 0.302 e. The summed E-state index contributed by atoms with van der Waals surface area (Å²) in [7, 11) is 0. The van der Waals surface area contributed by atoms with E-state index in [-0.39, 0.29) is 23.6 Å². The summed E-state index contributed by atoms with van der Waals surface area (Å²) in [6.45, 7) is 6.43. The highest BCUT2D eigenvalue weighted by Gasteiger charge is 2.60. The average molecular weight is 335 g/mol. The Morgan fingerprint density at radius 3 is 2.42 bits per heavy atom. The van der Waals surface area contributed by atoms with Crippen molar-refractivity contribution in [1.82, 2.24) is 0 Å². The molecule has 0 aliphatic heterocycles. The first kappa shape index (κ1) is 16.9. The fraction of sp³-hybridized carbons (Fsp3) is 0.952. The van der Waals surface area contributed by atoms with Crippen molar-refractivity contribution in [2.45, 2.75) is 90.8 Å². The van der Waals surface area contributed by atoms with E-state index in [9.17, 15) is 9.90 Å². The minimum atomic E-state index is -0.120. The predicted molar refractivity (Wildman–Crippen MR) is 93.3 cm³/mol. The van der Waals surface area contributed by atoms with Gasteiger partial charge in [-0.05, 0) is 92.3 Å². The summed E-state index contributed by atoms with van der Waals surface area (Å²) in [5.41, 5.74) is 0.605. The van der Waals surface area contributed by atoms with Gasteiger partial charge in [0, 0.05) is 6.92 Å². The molecule has 0 spiro atoms. The number of hydrogen-bond donors (Lipinski definition) is 1. The second-order valence-electron chi connectivity index (χ2n) is 9.80. The first-order valence-corrected chi connectivity index (χ1v) is 10.2. The first-order chi connectivity index (χ1) is 11.3. The Labute approximate surface area is 146 Å². The van der Waals surface area contributed by atoms with E-state index in [1.807, 2.05) is 0 Å². The van der Waals surface area contributed by atoms with Gasteiger partial charge in [-0.2, -0.15) is 0 Å². The van der Waals surface area contributed by atoms with E-state index in [4.69, 9.17) is 4.74 Å². The Morgan fingerprint density at radius 2 is 1.67 bits per heavy atom. The average Bonchev–Trinajstić information content (AvgIpc) is 2.83. The van der Waals surface area contributed by atoms with Crippen LogP contribution in [0.5, 0.6) is 0 Å². The van der Waals surface area contributed by atoms with Crippen LogP contribution in [0, 0.1) is 34.5 Å². The normalized spacial score (nSPS) is 53.7. The highest BCUT2D eigenvalue weighted by Crippen LogP contribution is 2.66. The van der Waals surface area contributed by atoms with Crippen molar-refractivity contribution in [1.29, 1.82) is 0 Å². The number of aliphatic hydroxyl groups is 1. The molecule has 3 heteroatoms. The van der Waals surface area contributed by atoms with E-state index in [0.717, 1.165) is 37.0 Å². The summed E-state index contributed by atoms with van der Waals surface area (Å²) >= 11 is 0. The van der Waals surface area contributed by atoms with Gasteiger partial charge in [0.25, 0.3) is 0 Å². The molecule has 4 fully saturated rings. The van der Waals surface area contributed by atoms with Crippen molar-refractivity contribution >= 4 is 5.97 Å². The van der Waals surface area contributed by atoms with E-state index >= 15 is 0 Å². The molecule has 0 heterocycles. The van der Waals surface area contributed by atoms with Crippen LogP contribution in [-0.2, 0) is 9.53 Å². The molecule has 0 radical (unpaired) electrons. The maximum absolute atomic E-state index is 11.3. The quantitative estimate of drug-likeness (QED) is 0.726. The third kappa shape index (κ3) is 2.37. The molecule has 1 N–H and O–H groups in total. The topological polar surface area (TPSA) is 46.5 Å². The van der Waals surface area contributed by atoms with Gasteiger partial charge in [-0.15, -0.1) is 0 Å². The Hall–Kier alpha value is -0.570. The van der Waals surface area contributed by atoms with Crippen LogP contribution in [0.15, 0.2) is 0 Å². The lowest BCUT2D eigenvalue weighted by Gasteiger charge is -2.60. The lowest BCUT2D eigenvalue weighted by Crippen LogP contribution is -2.54. The first-order valence-electron chi connectivity index (χ1n) is 10.2. The fourth-order valence-corrected chi connectivity index (χ4v) is 7.53. The number of carbonyl (C=O) groups is 1. The molecule has 3 nitrogen and oxygen atoms in total. The standard InChI is InChI=1S/C21H34O3/c1-13(22)24-15-8-10-20(2)14(12-15)4-5-16-17-6-7-19(23)21(17,3)11-9-18(16)20/h14-19,23H,4-12H2,1-3H3/t14-,15-,16+,17-,18+,19+,20+,21-/m1/s1. The highest BCUT2D eigenvalue weighted by molar-refractivity contribution is 5.66. The predicted octanol–water partition coefficient (Wildman–Crippen LogP) is 4.32. The second kappa shape index (κ2) is 5.72. The molecular weight excluding hydrogens is 300 g/mol. The van der Waals surface area contributed by atoms with Gasteiger partial charge in [0.2, 0.25) is 0 Å². The summed E-state index contributed by atoms with van der Waals surface area (Å²) in [5, 5.41) is 10.5. The summed E-state index contributed by atoms with van der Waals surface area (Å²) in [6.07, 6.45) is 10.8. The molecule has 4 saturated carbocycles. The molecule has 0 bridgehead atoms. The van der Waals surface area contributed by atoms with Crippen LogP contribution < -0.4 is 0 Å². The molecule has 0 amide bonds. The van der Waals surface area contributed by atoms with Gasteiger partial charge in [-0.3, -0.25) is 4.79 Å². The van der Waals surface area contributed by atoms with Gasteiger partial charge in [0.1, 0.15) is 6.10 Å². The Bertz CT molecular complexity index is 517. The van der Waals surface area contributed by atoms with E-state index < -0.39 is 0 Å². The number of fused-ring (bicyclic) bond motifs is 5. The lowest BCUT2D eigenvalue weighted by molar-refractivity contribution is -0.161. The zero-order chi connectivity index (χ0) is 17.1. The molecular formula is C21H34O3. The summed E-state index contributed by atoms with van der Waals surface area (Å²) in [5.74, 6) is 2.96. The van der Waals surface area contributed by atoms with Crippen molar-refractivity contribution in [3.05, 3.63) is 0 Å². The van der Waals surface area contributed by atoms with Crippen LogP contribution in [0.3, 0.4) is 0 Å². The summed E-state index contributed by atoms with van der Waals surface area (Å²) in [6, 6.07) is 0. The number of rotatable bonds is 1. The monoisotopic (exact) mass is 334 g/mol. The largest absolute Gasteiger partial charge is 0.463 e. The Morgan fingerprint density at radius 1 is 0.958 bits per heavy atom. The van der Waals surface area contributed by atoms with Crippen molar-refractivity contribution < 1.29 is 14.6 Å². The van der Waals surface area contributed by atoms with Gasteiger partial charge < -0.3 is 9.84 Å². The molecule has 4 aliphatic rings. The van der Waals surface area contributed by atoms with E-state index in [1.54, 1.807) is 0 Å². The minimum absolute atomic E-state index is 0.0753. The third-order valence-electron chi connectivity index (χ3n) is 8.90. The molecule has 4 aliphatic carbocycles. The van der Waals surface area contributed by atoms with Crippen LogP contribution in [0.2, 0.25) is 0 Å². The molecule has 24 heavy (non-hydrogen) atoms. The minimum Gasteiger partial charge on any atom is -0.463 e. The number of carbonyl (C=O) groups excluding carboxylic acids is 1. The summed E-state index contributed by atoms with van der Waals surface area (Å²) in [4.78, 5) is 11.3. The summed E-state index contributed by atoms with van der Waals surface area (Å²) < 4.78 is 5.55. The van der Waals surface area contributed by atoms with E-state index in [0.29, 0.717) is 11.3 Å². The molecule has 0 aromatic rings. The zero-order valence-electron chi connectivity index (χ0n) is 15.6. The fourth-order valence-electron chi connectivity index (χ4n) is 7.53. The number of esters is 1. The van der Waals surface area contributed by atoms with Crippen LogP contribution in [0.25, 0.3) is 0 Å². The van der Waals surface area contributed by atoms with Crippen molar-refractivity contribution in [2.75, 3.05) is 0 Å². The lowest BCUT2D eigenvalue weighted by atomic mass is 9.45. The zero-order valence-corrected chi connectivity index (χ0v) is 15.6. The Balaban J connectivity index is 1.53. The molecule has 0 unspecified atom stereocenters. The number of ether oxygens (including phenoxy) is 1. The van der Waals surface area contributed by atoms with E-state index in [2.05, 4.69) is 13.8 Å². The van der Waals surface area contributed by atoms with Crippen molar-refractivity contribution in [3.8, 4) is 0 Å². The van der Waals surface area contributed by atoms with Crippen LogP contribution in [0.4, 0.5) is 0 Å². The molecule has 0 aromatic heterocycles. The maximum atomic E-state index is 11.3. The molecule has 136 valence electrons. The molecule has 0 saturated heterocycles. The number of aliphatic hydroxyl groups excluding tert-OH is 1. The number of hydrogen-bond acceptors (Lipinski definition) is 3. The van der Waals surface area contributed by atoms with Crippen LogP contribution in [-0.4, -0.2) is 23.3 Å². The van der Waals surface area contributed by atoms with Gasteiger partial charge in [-0.1, -0.05) is 13.8 Å². The molecule has 8 atom stereocenters. The molecule has 0 aromatic carbocycles. The maximum Gasteiger partial charge on any atom is 0.302 e. The molecule has 4 rings (SSSR count). The van der Waals surface area contributed by atoms with Crippen LogP contribution in [0.1, 0.15) is 78.6 Å². The van der Waals surface area contributed by atoms with Crippen molar-refractivity contribution in [3.63, 3.8) is 0 Å². The Kier molecular flexibility index (Phi) is 4.02. The van der Waals surface area contributed by atoms with Gasteiger partial charge in [0.05, 0.1) is 6.10 Å². The van der Waals surface area contributed by atoms with E-state index in [1.165, 1.54) is 45.4 Å². The van der Waals surface area contributed by atoms with Gasteiger partial charge in [-0.25, -0.2) is 0 Å². The SMILES string of the molecule is CC(=O)O[C@@H]1CC[C@@]2(C)[C@H](CC[C@H]3[C@H]4CC[C@H](O)[C@]4(C)CC[C@@H]32)C1. The van der Waals surface area contributed by atoms with Gasteiger partial charge in [0.15, 0.2) is 0 Å². The van der Waals surface area contributed by atoms with Gasteiger partial charge >= 0.3 is 5.97 Å².